The molecule has 0 spiro atoms. The molecule has 0 aliphatic rings. The third-order valence-electron chi connectivity index (χ3n) is 1.61. The van der Waals surface area contributed by atoms with Crippen molar-refractivity contribution in [3.05, 3.63) is 12.4 Å². The molecule has 0 aliphatic heterocycles. The first-order chi connectivity index (χ1) is 6.81. The third kappa shape index (κ3) is 1.60. The Kier molecular flexibility index (Phi) is 2.45. The van der Waals surface area contributed by atoms with Crippen LogP contribution in [0.15, 0.2) is 17.6 Å². The number of nitrogens with two attached hydrogens (primary N) is 1. The van der Waals surface area contributed by atoms with Crippen molar-refractivity contribution < 1.29 is 0 Å². The van der Waals surface area contributed by atoms with Gasteiger partial charge in [0.2, 0.25) is 0 Å². The van der Waals surface area contributed by atoms with Gasteiger partial charge in [-0.3, -0.25) is 0 Å². The number of nitrogens with zero attached hydrogens (tertiary/aromatic N) is 4. The van der Waals surface area contributed by atoms with Gasteiger partial charge in [0.15, 0.2) is 16.6 Å². The summed E-state index contributed by atoms with van der Waals surface area (Å²) in [4.78, 5) is 16.5. The monoisotopic (exact) mass is 207 g/mol. The molecule has 72 valence electrons. The minimum absolute atomic E-state index is 0.388. The number of anilines is 1. The van der Waals surface area contributed by atoms with E-state index in [9.17, 15) is 0 Å². The van der Waals surface area contributed by atoms with E-state index in [4.69, 9.17) is 5.73 Å². The molecule has 0 radical (unpaired) electrons. The summed E-state index contributed by atoms with van der Waals surface area (Å²) in [5.41, 5.74) is 6.84. The maximum atomic E-state index is 5.72. The second kappa shape index (κ2) is 3.75. The van der Waals surface area contributed by atoms with Crippen molar-refractivity contribution >= 4 is 28.7 Å². The molecular formula is C8H9N5S. The number of thioether (sulfide) groups is 1. The van der Waals surface area contributed by atoms with Gasteiger partial charge in [-0.15, -0.1) is 0 Å². The van der Waals surface area contributed by atoms with Crippen LogP contribution in [0.25, 0.3) is 11.2 Å². The molecular weight excluding hydrogens is 198 g/mol. The summed E-state index contributed by atoms with van der Waals surface area (Å²) in [5.74, 6) is 1.30. The zero-order valence-corrected chi connectivity index (χ0v) is 8.45. The molecule has 0 saturated carbocycles. The van der Waals surface area contributed by atoms with E-state index in [1.54, 1.807) is 12.4 Å². The Hall–Kier alpha value is -1.43. The number of nitrogen functional groups attached to an aromatic ring is 1. The van der Waals surface area contributed by atoms with Gasteiger partial charge in [-0.25, -0.2) is 19.9 Å². The molecule has 2 N–H and O–H groups in total. The van der Waals surface area contributed by atoms with Gasteiger partial charge in [0.05, 0.1) is 0 Å². The van der Waals surface area contributed by atoms with Crippen LogP contribution in [0.4, 0.5) is 5.82 Å². The van der Waals surface area contributed by atoms with Gasteiger partial charge in [0.25, 0.3) is 0 Å². The first-order valence-corrected chi connectivity index (χ1v) is 5.17. The van der Waals surface area contributed by atoms with Crippen LogP contribution < -0.4 is 5.73 Å². The van der Waals surface area contributed by atoms with Crippen molar-refractivity contribution in [2.45, 2.75) is 12.1 Å². The SMILES string of the molecule is CCSc1nc(N)c2nccnc2n1. The molecule has 2 heterocycles. The fourth-order valence-corrected chi connectivity index (χ4v) is 1.63. The van der Waals surface area contributed by atoms with E-state index in [1.807, 2.05) is 6.92 Å². The van der Waals surface area contributed by atoms with Crippen LogP contribution >= 0.6 is 11.8 Å². The van der Waals surface area contributed by atoms with E-state index in [0.717, 1.165) is 5.75 Å². The smallest absolute Gasteiger partial charge is 0.191 e. The molecule has 0 amide bonds. The molecule has 14 heavy (non-hydrogen) atoms. The second-order valence-corrected chi connectivity index (χ2v) is 3.78. The lowest BCUT2D eigenvalue weighted by molar-refractivity contribution is 0.987. The first kappa shape index (κ1) is 9.14. The van der Waals surface area contributed by atoms with E-state index in [-0.39, 0.29) is 0 Å². The summed E-state index contributed by atoms with van der Waals surface area (Å²) >= 11 is 1.53. The highest BCUT2D eigenvalue weighted by molar-refractivity contribution is 7.99. The van der Waals surface area contributed by atoms with Crippen molar-refractivity contribution in [3.8, 4) is 0 Å². The average molecular weight is 207 g/mol. The van der Waals surface area contributed by atoms with Gasteiger partial charge in [-0.1, -0.05) is 18.7 Å². The van der Waals surface area contributed by atoms with Crippen molar-refractivity contribution in [3.63, 3.8) is 0 Å². The normalized spacial score (nSPS) is 10.6. The molecule has 6 heteroatoms. The molecule has 2 aromatic heterocycles. The fourth-order valence-electron chi connectivity index (χ4n) is 1.06. The Labute approximate surface area is 85.2 Å². The van der Waals surface area contributed by atoms with Crippen molar-refractivity contribution in [1.82, 2.24) is 19.9 Å². The van der Waals surface area contributed by atoms with Gasteiger partial charge >= 0.3 is 0 Å². The van der Waals surface area contributed by atoms with Crippen LogP contribution in [0, 0.1) is 0 Å². The number of fused-ring (bicyclic) bond motifs is 1. The summed E-state index contributed by atoms with van der Waals surface area (Å²) in [6.07, 6.45) is 3.17. The predicted octanol–water partition coefficient (Wildman–Crippen LogP) is 1.11. The topological polar surface area (TPSA) is 77.6 Å². The summed E-state index contributed by atoms with van der Waals surface area (Å²) in [7, 11) is 0. The lowest BCUT2D eigenvalue weighted by Crippen LogP contribution is -1.99. The number of hydrogen-bond acceptors (Lipinski definition) is 6. The van der Waals surface area contributed by atoms with Gasteiger partial charge < -0.3 is 5.73 Å². The number of aromatic nitrogens is 4. The van der Waals surface area contributed by atoms with Gasteiger partial charge in [0.1, 0.15) is 5.52 Å². The molecule has 0 fully saturated rings. The van der Waals surface area contributed by atoms with E-state index in [2.05, 4.69) is 19.9 Å². The van der Waals surface area contributed by atoms with Crippen LogP contribution in [-0.4, -0.2) is 25.7 Å². The van der Waals surface area contributed by atoms with Crippen LogP contribution in [0.5, 0.6) is 0 Å². The zero-order valence-electron chi connectivity index (χ0n) is 7.64. The minimum atomic E-state index is 0.388. The summed E-state index contributed by atoms with van der Waals surface area (Å²) in [5, 5.41) is 0.651. The molecule has 0 aliphatic carbocycles. The fraction of sp³-hybridized carbons (Fsp3) is 0.250. The quantitative estimate of drug-likeness (QED) is 0.587. The van der Waals surface area contributed by atoms with Crippen LogP contribution in [0.2, 0.25) is 0 Å². The Bertz CT molecular complexity index is 458. The summed E-state index contributed by atoms with van der Waals surface area (Å²) in [6.45, 7) is 2.03. The van der Waals surface area contributed by atoms with E-state index in [1.165, 1.54) is 11.8 Å². The van der Waals surface area contributed by atoms with Crippen molar-refractivity contribution in [1.29, 1.82) is 0 Å². The Balaban J connectivity index is 2.60. The first-order valence-electron chi connectivity index (χ1n) is 4.18. The van der Waals surface area contributed by atoms with E-state index >= 15 is 0 Å². The van der Waals surface area contributed by atoms with Crippen LogP contribution in [-0.2, 0) is 0 Å². The lowest BCUT2D eigenvalue weighted by Gasteiger charge is -2.01. The number of rotatable bonds is 2. The molecule has 5 nitrogen and oxygen atoms in total. The van der Waals surface area contributed by atoms with E-state index < -0.39 is 0 Å². The molecule has 0 aromatic carbocycles. The predicted molar refractivity (Wildman–Crippen MR) is 55.9 cm³/mol. The minimum Gasteiger partial charge on any atom is -0.382 e. The maximum absolute atomic E-state index is 5.72. The molecule has 2 rings (SSSR count). The Morgan fingerprint density at radius 3 is 2.86 bits per heavy atom. The third-order valence-corrected chi connectivity index (χ3v) is 2.34. The summed E-state index contributed by atoms with van der Waals surface area (Å²) in [6, 6.07) is 0. The molecule has 0 atom stereocenters. The van der Waals surface area contributed by atoms with Crippen molar-refractivity contribution in [2.24, 2.45) is 0 Å². The highest BCUT2D eigenvalue weighted by Crippen LogP contribution is 2.18. The van der Waals surface area contributed by atoms with Crippen LogP contribution in [0.1, 0.15) is 6.92 Å². The average Bonchev–Trinajstić information content (AvgIpc) is 2.18. The zero-order chi connectivity index (χ0) is 9.97. The number of hydrogen-bond donors (Lipinski definition) is 1. The van der Waals surface area contributed by atoms with Gasteiger partial charge in [-0.05, 0) is 5.75 Å². The van der Waals surface area contributed by atoms with Crippen molar-refractivity contribution in [2.75, 3.05) is 11.5 Å². The van der Waals surface area contributed by atoms with Crippen LogP contribution in [0.3, 0.4) is 0 Å². The largest absolute Gasteiger partial charge is 0.382 e. The van der Waals surface area contributed by atoms with E-state index in [0.29, 0.717) is 22.1 Å². The highest BCUT2D eigenvalue weighted by Gasteiger charge is 2.05. The standard InChI is InChI=1S/C8H9N5S/c1-2-14-8-12-6(9)5-7(13-8)11-4-3-10-5/h3-4H,2H2,1H3,(H2,9,11,12,13). The molecule has 0 bridgehead atoms. The summed E-state index contributed by atoms with van der Waals surface area (Å²) < 4.78 is 0. The molecule has 0 unspecified atom stereocenters. The lowest BCUT2D eigenvalue weighted by atomic mass is 10.5. The highest BCUT2D eigenvalue weighted by atomic mass is 32.2. The van der Waals surface area contributed by atoms with Gasteiger partial charge in [0, 0.05) is 12.4 Å². The molecule has 0 saturated heterocycles. The molecule has 2 aromatic rings. The maximum Gasteiger partial charge on any atom is 0.191 e. The Morgan fingerprint density at radius 2 is 2.07 bits per heavy atom. The van der Waals surface area contributed by atoms with Gasteiger partial charge in [-0.2, -0.15) is 0 Å². The second-order valence-electron chi connectivity index (χ2n) is 2.55. The Morgan fingerprint density at radius 1 is 1.29 bits per heavy atom.